The molecule has 1 aliphatic heterocycles. The largest absolute Gasteiger partial charge is 0.478 e. The molecule has 20 heavy (non-hydrogen) atoms. The van der Waals surface area contributed by atoms with Gasteiger partial charge in [0, 0.05) is 30.1 Å². The Balaban J connectivity index is 2.27. The second-order valence-corrected chi connectivity index (χ2v) is 4.79. The maximum absolute atomic E-state index is 12.0. The average Bonchev–Trinajstić information content (AvgIpc) is 2.77. The number of hydrogen-bond donors (Lipinski definition) is 1. The molecule has 104 valence electrons. The predicted octanol–water partition coefficient (Wildman–Crippen LogP) is 2.36. The average molecular weight is 274 g/mol. The van der Waals surface area contributed by atoms with Crippen molar-refractivity contribution >= 4 is 17.6 Å². The molecule has 7 nitrogen and oxygen atoms in total. The van der Waals surface area contributed by atoms with Gasteiger partial charge in [-0.15, -0.1) is 0 Å². The van der Waals surface area contributed by atoms with Crippen molar-refractivity contribution in [3.8, 4) is 0 Å². The molecular weight excluding hydrogens is 260 g/mol. The summed E-state index contributed by atoms with van der Waals surface area (Å²) in [6.07, 6.45) is 0.315. The van der Waals surface area contributed by atoms with Gasteiger partial charge in [-0.05, 0) is 36.1 Å². The predicted molar refractivity (Wildman–Crippen MR) is 72.6 cm³/mol. The standard InChI is InChI=1S/C13H14N4O3/c1-8-2-3-10(13(19)20)5-11(8)17-7-9(4-12(17)18)6-15-16-14/h2-3,5,9H,4,6-7H2,1H3,(H,19,20). The van der Waals surface area contributed by atoms with Gasteiger partial charge in [-0.3, -0.25) is 4.79 Å². The van der Waals surface area contributed by atoms with E-state index in [0.29, 0.717) is 18.7 Å². The summed E-state index contributed by atoms with van der Waals surface area (Å²) in [4.78, 5) is 27.3. The van der Waals surface area contributed by atoms with Crippen LogP contribution in [-0.4, -0.2) is 30.1 Å². The molecule has 1 aliphatic rings. The molecule has 0 aliphatic carbocycles. The lowest BCUT2D eigenvalue weighted by atomic mass is 10.1. The molecule has 7 heteroatoms. The van der Waals surface area contributed by atoms with Crippen LogP contribution >= 0.6 is 0 Å². The molecule has 1 aromatic carbocycles. The third kappa shape index (κ3) is 2.73. The summed E-state index contributed by atoms with van der Waals surface area (Å²) in [6.45, 7) is 2.55. The van der Waals surface area contributed by atoms with Crippen molar-refractivity contribution in [3.63, 3.8) is 0 Å². The molecular formula is C13H14N4O3. The lowest BCUT2D eigenvalue weighted by Gasteiger charge is -2.19. The number of carboxylic acids is 1. The molecule has 1 N–H and O–H groups in total. The SMILES string of the molecule is Cc1ccc(C(=O)O)cc1N1CC(CN=[N+]=[N-])CC1=O. The van der Waals surface area contributed by atoms with E-state index in [1.165, 1.54) is 12.1 Å². The highest BCUT2D eigenvalue weighted by molar-refractivity contribution is 5.98. The number of hydrogen-bond acceptors (Lipinski definition) is 3. The van der Waals surface area contributed by atoms with Crippen molar-refractivity contribution < 1.29 is 14.7 Å². The molecule has 0 spiro atoms. The fourth-order valence-corrected chi connectivity index (χ4v) is 2.32. The van der Waals surface area contributed by atoms with Crippen molar-refractivity contribution in [1.29, 1.82) is 0 Å². The van der Waals surface area contributed by atoms with E-state index in [4.69, 9.17) is 10.6 Å². The summed E-state index contributed by atoms with van der Waals surface area (Å²) < 4.78 is 0. The highest BCUT2D eigenvalue weighted by Gasteiger charge is 2.31. The number of carbonyl (C=O) groups excluding carboxylic acids is 1. The van der Waals surface area contributed by atoms with Gasteiger partial charge in [-0.25, -0.2) is 4.79 Å². The van der Waals surface area contributed by atoms with E-state index in [1.807, 2.05) is 6.92 Å². The third-order valence-electron chi connectivity index (χ3n) is 3.36. The van der Waals surface area contributed by atoms with E-state index in [9.17, 15) is 9.59 Å². The second kappa shape index (κ2) is 5.63. The molecule has 1 saturated heterocycles. The first-order valence-electron chi connectivity index (χ1n) is 6.18. The van der Waals surface area contributed by atoms with Gasteiger partial charge in [0.15, 0.2) is 0 Å². The zero-order chi connectivity index (χ0) is 14.7. The summed E-state index contributed by atoms with van der Waals surface area (Å²) in [7, 11) is 0. The van der Waals surface area contributed by atoms with Crippen LogP contribution in [0.15, 0.2) is 23.3 Å². The summed E-state index contributed by atoms with van der Waals surface area (Å²) in [5.74, 6) is -1.12. The van der Waals surface area contributed by atoms with E-state index >= 15 is 0 Å². The minimum absolute atomic E-state index is 0.0220. The lowest BCUT2D eigenvalue weighted by Crippen LogP contribution is -2.25. The van der Waals surface area contributed by atoms with Crippen LogP contribution in [0.1, 0.15) is 22.3 Å². The maximum Gasteiger partial charge on any atom is 0.335 e. The highest BCUT2D eigenvalue weighted by Crippen LogP contribution is 2.29. The number of azide groups is 1. The van der Waals surface area contributed by atoms with E-state index in [-0.39, 0.29) is 23.9 Å². The Bertz CT molecular complexity index is 608. The Hall–Kier alpha value is -2.53. The van der Waals surface area contributed by atoms with Crippen molar-refractivity contribution in [2.75, 3.05) is 18.0 Å². The Morgan fingerprint density at radius 3 is 3.00 bits per heavy atom. The van der Waals surface area contributed by atoms with Gasteiger partial charge in [0.25, 0.3) is 0 Å². The van der Waals surface area contributed by atoms with Gasteiger partial charge >= 0.3 is 5.97 Å². The lowest BCUT2D eigenvalue weighted by molar-refractivity contribution is -0.117. The molecule has 1 amide bonds. The molecule has 1 atom stereocenters. The summed E-state index contributed by atoms with van der Waals surface area (Å²) in [6, 6.07) is 4.71. The Morgan fingerprint density at radius 2 is 2.35 bits per heavy atom. The molecule has 0 aromatic heterocycles. The van der Waals surface area contributed by atoms with Crippen LogP contribution in [-0.2, 0) is 4.79 Å². The van der Waals surface area contributed by atoms with Gasteiger partial charge in [0.1, 0.15) is 0 Å². The topological polar surface area (TPSA) is 106 Å². The van der Waals surface area contributed by atoms with Crippen LogP contribution in [0.25, 0.3) is 10.4 Å². The van der Waals surface area contributed by atoms with Crippen LogP contribution in [0.3, 0.4) is 0 Å². The second-order valence-electron chi connectivity index (χ2n) is 4.79. The van der Waals surface area contributed by atoms with E-state index < -0.39 is 5.97 Å². The van der Waals surface area contributed by atoms with Crippen LogP contribution < -0.4 is 4.90 Å². The van der Waals surface area contributed by atoms with Crippen LogP contribution in [0.2, 0.25) is 0 Å². The molecule has 1 heterocycles. The molecule has 1 fully saturated rings. The van der Waals surface area contributed by atoms with Gasteiger partial charge in [-0.1, -0.05) is 11.2 Å². The van der Waals surface area contributed by atoms with Crippen molar-refractivity contribution in [3.05, 3.63) is 39.8 Å². The van der Waals surface area contributed by atoms with Crippen LogP contribution in [0.4, 0.5) is 5.69 Å². The fourth-order valence-electron chi connectivity index (χ4n) is 2.32. The summed E-state index contributed by atoms with van der Waals surface area (Å²) in [5, 5.41) is 12.5. The maximum atomic E-state index is 12.0. The molecule has 2 rings (SSSR count). The number of carbonyl (C=O) groups is 2. The fraction of sp³-hybridized carbons (Fsp3) is 0.385. The Labute approximate surface area is 115 Å². The summed E-state index contributed by atoms with van der Waals surface area (Å²) >= 11 is 0. The van der Waals surface area contributed by atoms with Crippen molar-refractivity contribution in [2.24, 2.45) is 11.0 Å². The number of carboxylic acid groups (broad SMARTS) is 1. The van der Waals surface area contributed by atoms with Crippen LogP contribution in [0.5, 0.6) is 0 Å². The van der Waals surface area contributed by atoms with Gasteiger partial charge in [-0.2, -0.15) is 0 Å². The number of aromatic carboxylic acids is 1. The first-order valence-corrected chi connectivity index (χ1v) is 6.18. The minimum atomic E-state index is -1.02. The smallest absolute Gasteiger partial charge is 0.335 e. The summed E-state index contributed by atoms with van der Waals surface area (Å²) in [5.41, 5.74) is 9.91. The number of amides is 1. The monoisotopic (exact) mass is 274 g/mol. The van der Waals surface area contributed by atoms with E-state index in [0.717, 1.165) is 5.56 Å². The van der Waals surface area contributed by atoms with Crippen molar-refractivity contribution in [2.45, 2.75) is 13.3 Å². The quantitative estimate of drug-likeness (QED) is 0.517. The van der Waals surface area contributed by atoms with Gasteiger partial charge < -0.3 is 10.0 Å². The third-order valence-corrected chi connectivity index (χ3v) is 3.36. The highest BCUT2D eigenvalue weighted by atomic mass is 16.4. The number of aryl methyl sites for hydroxylation is 1. The zero-order valence-electron chi connectivity index (χ0n) is 11.0. The number of anilines is 1. The molecule has 0 bridgehead atoms. The first-order chi connectivity index (χ1) is 9.52. The Morgan fingerprint density at radius 1 is 1.60 bits per heavy atom. The Kier molecular flexibility index (Phi) is 3.91. The molecule has 0 radical (unpaired) electrons. The number of nitrogens with zero attached hydrogens (tertiary/aromatic N) is 4. The van der Waals surface area contributed by atoms with Gasteiger partial charge in [0.05, 0.1) is 5.56 Å². The number of rotatable bonds is 4. The molecule has 1 aromatic rings. The minimum Gasteiger partial charge on any atom is -0.478 e. The van der Waals surface area contributed by atoms with E-state index in [2.05, 4.69) is 10.0 Å². The zero-order valence-corrected chi connectivity index (χ0v) is 11.0. The number of benzene rings is 1. The van der Waals surface area contributed by atoms with Gasteiger partial charge in [0.2, 0.25) is 5.91 Å². The molecule has 1 unspecified atom stereocenters. The van der Waals surface area contributed by atoms with E-state index in [1.54, 1.807) is 11.0 Å². The normalized spacial score (nSPS) is 17.9. The van der Waals surface area contributed by atoms with Crippen LogP contribution in [0, 0.1) is 12.8 Å². The molecule has 0 saturated carbocycles. The first kappa shape index (κ1) is 13.9. The van der Waals surface area contributed by atoms with Crippen molar-refractivity contribution in [1.82, 2.24) is 0 Å².